The summed E-state index contributed by atoms with van der Waals surface area (Å²) < 4.78 is 28.0. The van der Waals surface area contributed by atoms with E-state index >= 15 is 0 Å². The highest BCUT2D eigenvalue weighted by molar-refractivity contribution is 5.78. The molecule has 1 fully saturated rings. The zero-order valence-corrected chi connectivity index (χ0v) is 30.6. The summed E-state index contributed by atoms with van der Waals surface area (Å²) >= 11 is 0. The fraction of sp³-hybridized carbons (Fsp3) is 0.778. The number of benzene rings is 1. The van der Waals surface area contributed by atoms with Gasteiger partial charge in [-0.2, -0.15) is 0 Å². The Kier molecular flexibility index (Phi) is 17.3. The molecule has 1 aliphatic heterocycles. The van der Waals surface area contributed by atoms with E-state index in [-0.39, 0.29) is 36.4 Å². The lowest BCUT2D eigenvalue weighted by molar-refractivity contribution is -0.125. The number of morpholine rings is 1. The molecular weight excluding hydrogens is 602 g/mol. The molecule has 47 heavy (non-hydrogen) atoms. The van der Waals surface area contributed by atoms with Crippen molar-refractivity contribution in [2.75, 3.05) is 53.6 Å². The summed E-state index contributed by atoms with van der Waals surface area (Å²) in [5.41, 5.74) is 0.372. The van der Waals surface area contributed by atoms with E-state index in [1.807, 2.05) is 25.1 Å². The number of aliphatic hydroxyl groups is 1. The van der Waals surface area contributed by atoms with Gasteiger partial charge in [-0.05, 0) is 83.4 Å². The lowest BCUT2D eigenvalue weighted by Crippen LogP contribution is -2.49. The lowest BCUT2D eigenvalue weighted by atomic mass is 9.82. The first-order valence-electron chi connectivity index (χ1n) is 17.2. The number of carbonyl (C=O) groups excluding carboxylic acids is 2. The first-order valence-corrected chi connectivity index (χ1v) is 17.2. The molecule has 0 radical (unpaired) electrons. The molecule has 0 spiro atoms. The number of hydrogen-bond donors (Lipinski definition) is 3. The van der Waals surface area contributed by atoms with E-state index < -0.39 is 29.8 Å². The molecule has 1 aromatic carbocycles. The van der Waals surface area contributed by atoms with Gasteiger partial charge < -0.3 is 39.4 Å². The summed E-state index contributed by atoms with van der Waals surface area (Å²) in [5.74, 6) is 1.10. The van der Waals surface area contributed by atoms with E-state index in [9.17, 15) is 14.7 Å². The van der Waals surface area contributed by atoms with E-state index in [4.69, 9.17) is 23.7 Å². The molecule has 3 N–H and O–H groups in total. The van der Waals surface area contributed by atoms with Crippen LogP contribution in [-0.2, 0) is 25.4 Å². The molecule has 0 aromatic heterocycles. The first kappa shape index (κ1) is 40.6. The summed E-state index contributed by atoms with van der Waals surface area (Å²) in [5, 5.41) is 17.5. The number of nitrogens with one attached hydrogen (secondary N) is 2. The Balaban J connectivity index is 2.11. The van der Waals surface area contributed by atoms with Gasteiger partial charge in [0.25, 0.3) is 0 Å². The van der Waals surface area contributed by atoms with E-state index in [0.717, 1.165) is 31.6 Å². The van der Waals surface area contributed by atoms with Crippen molar-refractivity contribution in [3.8, 4) is 11.5 Å². The number of methoxy groups -OCH3 is 2. The Bertz CT molecular complexity index is 1070. The topological polar surface area (TPSA) is 128 Å². The van der Waals surface area contributed by atoms with E-state index in [1.165, 1.54) is 0 Å². The van der Waals surface area contributed by atoms with Crippen molar-refractivity contribution in [2.45, 2.75) is 111 Å². The van der Waals surface area contributed by atoms with Crippen molar-refractivity contribution in [1.82, 2.24) is 15.5 Å². The van der Waals surface area contributed by atoms with Crippen molar-refractivity contribution in [3.05, 3.63) is 23.8 Å². The van der Waals surface area contributed by atoms with E-state index in [0.29, 0.717) is 44.1 Å². The van der Waals surface area contributed by atoms with Gasteiger partial charge in [0, 0.05) is 52.2 Å². The lowest BCUT2D eigenvalue weighted by Gasteiger charge is -2.35. The third kappa shape index (κ3) is 15.4. The summed E-state index contributed by atoms with van der Waals surface area (Å²) in [4.78, 5) is 28.3. The molecule has 1 heterocycles. The molecule has 11 nitrogen and oxygen atoms in total. The second-order valence-electron chi connectivity index (χ2n) is 14.4. The average molecular weight is 666 g/mol. The summed E-state index contributed by atoms with van der Waals surface area (Å²) in [6.45, 7) is 19.7. The smallest absolute Gasteiger partial charge is 0.407 e. The second kappa shape index (κ2) is 20.0. The van der Waals surface area contributed by atoms with Gasteiger partial charge in [-0.1, -0.05) is 26.8 Å². The van der Waals surface area contributed by atoms with E-state index in [2.05, 4.69) is 43.2 Å². The van der Waals surface area contributed by atoms with E-state index in [1.54, 1.807) is 35.0 Å². The quantitative estimate of drug-likeness (QED) is 0.178. The minimum Gasteiger partial charge on any atom is -0.493 e. The highest BCUT2D eigenvalue weighted by Crippen LogP contribution is 2.32. The minimum atomic E-state index is -0.957. The van der Waals surface area contributed by atoms with Crippen LogP contribution in [0, 0.1) is 17.8 Å². The largest absolute Gasteiger partial charge is 0.493 e. The Morgan fingerprint density at radius 3 is 2.32 bits per heavy atom. The fourth-order valence-electron chi connectivity index (χ4n) is 5.95. The normalized spacial score (nSPS) is 19.8. The third-order valence-electron chi connectivity index (χ3n) is 8.41. The maximum atomic E-state index is 13.0. The van der Waals surface area contributed by atoms with Gasteiger partial charge in [-0.3, -0.25) is 9.69 Å². The third-order valence-corrected chi connectivity index (χ3v) is 8.41. The summed E-state index contributed by atoms with van der Waals surface area (Å²) in [6.07, 6.45) is 0.937. The minimum absolute atomic E-state index is 0.0989. The molecule has 6 atom stereocenters. The van der Waals surface area contributed by atoms with Crippen molar-refractivity contribution >= 4 is 12.0 Å². The fourth-order valence-corrected chi connectivity index (χ4v) is 5.95. The molecule has 0 aliphatic carbocycles. The van der Waals surface area contributed by atoms with Gasteiger partial charge in [0.15, 0.2) is 11.5 Å². The van der Waals surface area contributed by atoms with Crippen molar-refractivity contribution in [2.24, 2.45) is 17.8 Å². The van der Waals surface area contributed by atoms with Crippen LogP contribution in [0.5, 0.6) is 11.5 Å². The maximum Gasteiger partial charge on any atom is 0.407 e. The molecule has 0 bridgehead atoms. The predicted molar refractivity (Wildman–Crippen MR) is 184 cm³/mol. The van der Waals surface area contributed by atoms with Crippen molar-refractivity contribution in [3.63, 3.8) is 0 Å². The second-order valence-corrected chi connectivity index (χ2v) is 14.4. The van der Waals surface area contributed by atoms with Crippen LogP contribution in [0.4, 0.5) is 4.79 Å². The molecule has 1 saturated heterocycles. The van der Waals surface area contributed by atoms with Crippen LogP contribution in [-0.4, -0.2) is 106 Å². The Morgan fingerprint density at radius 2 is 1.72 bits per heavy atom. The Labute approximate surface area is 283 Å². The number of aliphatic hydroxyl groups excluding tert-OH is 1. The molecule has 1 aliphatic rings. The number of nitrogens with zero attached hydrogens (tertiary/aromatic N) is 1. The van der Waals surface area contributed by atoms with Crippen LogP contribution in [0.15, 0.2) is 18.2 Å². The zero-order valence-electron chi connectivity index (χ0n) is 30.6. The number of amides is 2. The van der Waals surface area contributed by atoms with Crippen LogP contribution >= 0.6 is 0 Å². The summed E-state index contributed by atoms with van der Waals surface area (Å²) in [7, 11) is 3.29. The first-order chi connectivity index (χ1) is 22.1. The number of carbonyl (C=O) groups is 2. The maximum absolute atomic E-state index is 13.0. The van der Waals surface area contributed by atoms with Crippen LogP contribution < -0.4 is 20.1 Å². The average Bonchev–Trinajstić information content (AvgIpc) is 2.97. The van der Waals surface area contributed by atoms with Crippen LogP contribution in [0.2, 0.25) is 0 Å². The number of hydrogen-bond acceptors (Lipinski definition) is 9. The van der Waals surface area contributed by atoms with Gasteiger partial charge in [-0.15, -0.1) is 0 Å². The predicted octanol–water partition coefficient (Wildman–Crippen LogP) is 4.82. The van der Waals surface area contributed by atoms with Gasteiger partial charge in [0.05, 0.1) is 38.1 Å². The van der Waals surface area contributed by atoms with Gasteiger partial charge in [0.1, 0.15) is 5.60 Å². The molecule has 6 unspecified atom stereocenters. The summed E-state index contributed by atoms with van der Waals surface area (Å²) in [6, 6.07) is 5.31. The molecule has 2 rings (SSSR count). The SMILES string of the molecule is COCCCOc1cc(CC(CC(NC(=O)OC(C)(C)C)C(O)CC(C)C(=O)NCCN2CC(C)OC(C)C2)C(C)C)ccc1OC. The molecule has 2 amide bonds. The number of ether oxygens (including phenoxy) is 5. The van der Waals surface area contributed by atoms with Crippen LogP contribution in [0.25, 0.3) is 0 Å². The highest BCUT2D eigenvalue weighted by Gasteiger charge is 2.31. The Morgan fingerprint density at radius 1 is 1.04 bits per heavy atom. The van der Waals surface area contributed by atoms with Crippen LogP contribution in [0.3, 0.4) is 0 Å². The van der Waals surface area contributed by atoms with Gasteiger partial charge in [-0.25, -0.2) is 4.79 Å². The van der Waals surface area contributed by atoms with Crippen molar-refractivity contribution in [1.29, 1.82) is 0 Å². The standard InChI is InChI=1S/C36H63N3O8/c1-24(2)29(19-28-12-13-32(44-10)33(20-28)45-17-11-16-43-9)21-30(38-35(42)47-36(6,7)8)31(40)18-25(3)34(41)37-14-15-39-22-26(4)46-27(5)23-39/h12-13,20,24-27,29-31,40H,11,14-19,21-23H2,1-10H3,(H,37,41)(H,38,42). The molecule has 0 saturated carbocycles. The molecule has 11 heteroatoms. The monoisotopic (exact) mass is 665 g/mol. The van der Waals surface area contributed by atoms with Crippen LogP contribution in [0.1, 0.15) is 80.2 Å². The zero-order chi connectivity index (χ0) is 35.1. The highest BCUT2D eigenvalue weighted by atomic mass is 16.6. The van der Waals surface area contributed by atoms with Gasteiger partial charge in [0.2, 0.25) is 5.91 Å². The number of alkyl carbamates (subject to hydrolysis) is 1. The number of rotatable bonds is 19. The molecular formula is C36H63N3O8. The molecule has 1 aromatic rings. The van der Waals surface area contributed by atoms with Crippen molar-refractivity contribution < 1.29 is 38.4 Å². The molecule has 270 valence electrons. The Hall–Kier alpha value is -2.60. The van der Waals surface area contributed by atoms with Gasteiger partial charge >= 0.3 is 6.09 Å².